The smallest absolute Gasteiger partial charge is 0.267 e. The molecule has 4 aromatic rings. The first-order chi connectivity index (χ1) is 10.6. The van der Waals surface area contributed by atoms with Gasteiger partial charge in [0.25, 0.3) is 5.56 Å². The number of rotatable bonds is 1. The Labute approximate surface area is 135 Å². The quantitative estimate of drug-likeness (QED) is 0.537. The topological polar surface area (TPSA) is 34.4 Å². The van der Waals surface area contributed by atoms with Gasteiger partial charge in [-0.2, -0.15) is 0 Å². The van der Waals surface area contributed by atoms with Crippen molar-refractivity contribution in [3.05, 3.63) is 60.0 Å². The van der Waals surface area contributed by atoms with Gasteiger partial charge in [0, 0.05) is 4.88 Å². The van der Waals surface area contributed by atoms with Crippen molar-refractivity contribution in [3.8, 4) is 0 Å². The van der Waals surface area contributed by atoms with Gasteiger partial charge in [0.2, 0.25) is 0 Å². The minimum absolute atomic E-state index is 0.0264. The maximum absolute atomic E-state index is 12.7. The standard InChI is InChI=1S/C17H14N2OS2/c1-9-4-5-12-15(11(9)3)18-17-19(12)16(20)14(22-17)8-13-10(2)6-7-21-13/h4-8H,1-3H3/b14-8-. The molecule has 22 heavy (non-hydrogen) atoms. The molecular weight excluding hydrogens is 312 g/mol. The van der Waals surface area contributed by atoms with E-state index in [1.807, 2.05) is 17.5 Å². The molecule has 0 saturated carbocycles. The summed E-state index contributed by atoms with van der Waals surface area (Å²) < 4.78 is 2.48. The number of benzene rings is 1. The van der Waals surface area contributed by atoms with E-state index in [0.29, 0.717) is 0 Å². The Bertz CT molecular complexity index is 1130. The summed E-state index contributed by atoms with van der Waals surface area (Å²) >= 11 is 3.12. The molecule has 0 bridgehead atoms. The van der Waals surface area contributed by atoms with Crippen LogP contribution < -0.4 is 10.1 Å². The maximum atomic E-state index is 12.7. The van der Waals surface area contributed by atoms with Crippen LogP contribution in [0.3, 0.4) is 0 Å². The van der Waals surface area contributed by atoms with Gasteiger partial charge in [-0.1, -0.05) is 17.4 Å². The van der Waals surface area contributed by atoms with Crippen LogP contribution in [0.4, 0.5) is 0 Å². The molecule has 0 saturated heterocycles. The second kappa shape index (κ2) is 4.76. The number of nitrogens with zero attached hydrogens (tertiary/aromatic N) is 2. The van der Waals surface area contributed by atoms with Crippen molar-refractivity contribution >= 4 is 44.7 Å². The molecular formula is C17H14N2OS2. The Morgan fingerprint density at radius 2 is 1.95 bits per heavy atom. The molecule has 0 radical (unpaired) electrons. The first-order valence-electron chi connectivity index (χ1n) is 7.03. The second-order valence-corrected chi connectivity index (χ2v) is 7.45. The molecule has 3 heterocycles. The van der Waals surface area contributed by atoms with E-state index in [4.69, 9.17) is 0 Å². The van der Waals surface area contributed by atoms with Crippen molar-refractivity contribution in [2.45, 2.75) is 20.8 Å². The lowest BCUT2D eigenvalue weighted by Crippen LogP contribution is -2.22. The van der Waals surface area contributed by atoms with Gasteiger partial charge in [-0.15, -0.1) is 11.3 Å². The molecule has 110 valence electrons. The van der Waals surface area contributed by atoms with E-state index in [1.165, 1.54) is 22.5 Å². The minimum atomic E-state index is 0.0264. The number of thiophene rings is 1. The van der Waals surface area contributed by atoms with Gasteiger partial charge >= 0.3 is 0 Å². The average molecular weight is 326 g/mol. The van der Waals surface area contributed by atoms with Crippen LogP contribution in [0.25, 0.3) is 22.1 Å². The number of aromatic nitrogens is 2. The largest absolute Gasteiger partial charge is 0.274 e. The summed E-state index contributed by atoms with van der Waals surface area (Å²) in [5.74, 6) is 0. The van der Waals surface area contributed by atoms with E-state index in [0.717, 1.165) is 31.0 Å². The molecule has 0 fully saturated rings. The second-order valence-electron chi connectivity index (χ2n) is 5.49. The predicted octanol–water partition coefficient (Wildman–Crippen LogP) is 3.44. The molecule has 0 unspecified atom stereocenters. The number of hydrogen-bond acceptors (Lipinski definition) is 4. The normalized spacial score (nSPS) is 12.8. The van der Waals surface area contributed by atoms with Crippen LogP contribution in [0.15, 0.2) is 28.4 Å². The van der Waals surface area contributed by atoms with Crippen molar-refractivity contribution in [2.24, 2.45) is 0 Å². The van der Waals surface area contributed by atoms with Crippen LogP contribution in [0.1, 0.15) is 21.6 Å². The zero-order valence-electron chi connectivity index (χ0n) is 12.5. The lowest BCUT2D eigenvalue weighted by molar-refractivity contribution is 1.19. The predicted molar refractivity (Wildman–Crippen MR) is 94.2 cm³/mol. The molecule has 0 amide bonds. The highest BCUT2D eigenvalue weighted by atomic mass is 32.1. The van der Waals surface area contributed by atoms with Gasteiger partial charge in [0.15, 0.2) is 4.96 Å². The minimum Gasteiger partial charge on any atom is -0.267 e. The molecule has 0 aliphatic heterocycles. The van der Waals surface area contributed by atoms with Crippen molar-refractivity contribution in [3.63, 3.8) is 0 Å². The highest BCUT2D eigenvalue weighted by molar-refractivity contribution is 7.15. The number of fused-ring (bicyclic) bond motifs is 3. The number of aryl methyl sites for hydroxylation is 3. The summed E-state index contributed by atoms with van der Waals surface area (Å²) in [6.07, 6.45) is 1.98. The summed E-state index contributed by atoms with van der Waals surface area (Å²) in [5, 5.41) is 2.05. The van der Waals surface area contributed by atoms with Crippen molar-refractivity contribution in [2.75, 3.05) is 0 Å². The average Bonchev–Trinajstić information content (AvgIpc) is 3.13. The van der Waals surface area contributed by atoms with Gasteiger partial charge < -0.3 is 0 Å². The molecule has 0 atom stereocenters. The van der Waals surface area contributed by atoms with E-state index in [-0.39, 0.29) is 5.56 Å². The van der Waals surface area contributed by atoms with E-state index in [1.54, 1.807) is 15.7 Å². The third-order valence-corrected chi connectivity index (χ3v) is 6.03. The Hall–Kier alpha value is -1.98. The summed E-state index contributed by atoms with van der Waals surface area (Å²) in [7, 11) is 0. The van der Waals surface area contributed by atoms with Crippen molar-refractivity contribution in [1.82, 2.24) is 9.38 Å². The van der Waals surface area contributed by atoms with E-state index in [2.05, 4.69) is 37.9 Å². The Morgan fingerprint density at radius 3 is 2.68 bits per heavy atom. The summed E-state index contributed by atoms with van der Waals surface area (Å²) in [6.45, 7) is 6.19. The molecule has 0 aliphatic rings. The van der Waals surface area contributed by atoms with Gasteiger partial charge in [-0.3, -0.25) is 4.79 Å². The van der Waals surface area contributed by atoms with E-state index < -0.39 is 0 Å². The number of hydrogen-bond donors (Lipinski definition) is 0. The number of thiazole rings is 1. The molecule has 3 aromatic heterocycles. The number of imidazole rings is 1. The summed E-state index contributed by atoms with van der Waals surface area (Å²) in [5.41, 5.74) is 5.41. The van der Waals surface area contributed by atoms with Crippen LogP contribution in [-0.4, -0.2) is 9.38 Å². The zero-order valence-corrected chi connectivity index (χ0v) is 14.1. The van der Waals surface area contributed by atoms with Crippen molar-refractivity contribution in [1.29, 1.82) is 0 Å². The van der Waals surface area contributed by atoms with Gasteiger partial charge in [-0.05, 0) is 61.1 Å². The lowest BCUT2D eigenvalue weighted by Gasteiger charge is -1.99. The highest BCUT2D eigenvalue weighted by Gasteiger charge is 2.13. The Kier molecular flexibility index (Phi) is 2.96. The van der Waals surface area contributed by atoms with Crippen LogP contribution in [-0.2, 0) is 0 Å². The first kappa shape index (κ1) is 13.7. The molecule has 0 spiro atoms. The van der Waals surface area contributed by atoms with Crippen LogP contribution in [0, 0.1) is 20.8 Å². The van der Waals surface area contributed by atoms with Crippen LogP contribution in [0.2, 0.25) is 0 Å². The molecule has 0 N–H and O–H groups in total. The fraction of sp³-hybridized carbons (Fsp3) is 0.176. The van der Waals surface area contributed by atoms with Crippen LogP contribution in [0.5, 0.6) is 0 Å². The summed E-state index contributed by atoms with van der Waals surface area (Å²) in [6, 6.07) is 6.11. The molecule has 0 aliphatic carbocycles. The third kappa shape index (κ3) is 1.86. The third-order valence-electron chi connectivity index (χ3n) is 4.10. The highest BCUT2D eigenvalue weighted by Crippen LogP contribution is 2.22. The fourth-order valence-corrected chi connectivity index (χ4v) is 4.51. The Balaban J connectivity index is 2.08. The molecule has 5 heteroatoms. The Morgan fingerprint density at radius 1 is 1.14 bits per heavy atom. The van der Waals surface area contributed by atoms with Gasteiger partial charge in [-0.25, -0.2) is 9.38 Å². The molecule has 4 rings (SSSR count). The van der Waals surface area contributed by atoms with E-state index >= 15 is 0 Å². The fourth-order valence-electron chi connectivity index (χ4n) is 2.62. The SMILES string of the molecule is Cc1ccsc1/C=c1\sc2nc3c(C)c(C)ccc3n2c1=O. The maximum Gasteiger partial charge on any atom is 0.274 e. The van der Waals surface area contributed by atoms with Crippen LogP contribution >= 0.6 is 22.7 Å². The first-order valence-corrected chi connectivity index (χ1v) is 8.73. The van der Waals surface area contributed by atoms with Gasteiger partial charge in [0.05, 0.1) is 15.6 Å². The molecule has 3 nitrogen and oxygen atoms in total. The molecule has 1 aromatic carbocycles. The van der Waals surface area contributed by atoms with Gasteiger partial charge in [0.1, 0.15) is 0 Å². The lowest BCUT2D eigenvalue weighted by atomic mass is 10.1. The zero-order chi connectivity index (χ0) is 15.4. The van der Waals surface area contributed by atoms with E-state index in [9.17, 15) is 4.79 Å². The summed E-state index contributed by atoms with van der Waals surface area (Å²) in [4.78, 5) is 19.3. The van der Waals surface area contributed by atoms with Crippen molar-refractivity contribution < 1.29 is 0 Å². The monoisotopic (exact) mass is 326 g/mol.